The quantitative estimate of drug-likeness (QED) is 0.0544. The Morgan fingerprint density at radius 1 is 0.322 bits per heavy atom. The lowest BCUT2D eigenvalue weighted by atomic mass is 9.12. The first kappa shape index (κ1) is 46.7. The molecular formula is C35H17BF20O2S. The monoisotopic (exact) mass is 892 g/mol. The molecule has 318 valence electrons. The van der Waals surface area contributed by atoms with Gasteiger partial charge in [-0.15, -0.1) is 21.9 Å². The maximum absolute atomic E-state index is 15.4. The zero-order chi connectivity index (χ0) is 44.6. The van der Waals surface area contributed by atoms with Gasteiger partial charge in [0.1, 0.15) is 69.9 Å². The van der Waals surface area contributed by atoms with Crippen LogP contribution in [0, 0.1) is 116 Å². The molecule has 0 fully saturated rings. The summed E-state index contributed by atoms with van der Waals surface area (Å²) in [6.45, 7) is 0.436. The lowest BCUT2D eigenvalue weighted by Gasteiger charge is -2.44. The summed E-state index contributed by atoms with van der Waals surface area (Å²) >= 11 is 0. The largest absolute Gasteiger partial charge is 0.391 e. The van der Waals surface area contributed by atoms with Gasteiger partial charge in [0.2, 0.25) is 0 Å². The predicted molar refractivity (Wildman–Crippen MR) is 171 cm³/mol. The highest BCUT2D eigenvalue weighted by molar-refractivity contribution is 7.96. The number of benzene rings is 5. The molecule has 0 unspecified atom stereocenters. The summed E-state index contributed by atoms with van der Waals surface area (Å²) in [6.07, 6.45) is -7.22. The summed E-state index contributed by atoms with van der Waals surface area (Å²) < 4.78 is 294. The fraction of sp³-hybridized carbons (Fsp3) is 0.143. The normalized spacial score (nSPS) is 11.7. The molecule has 59 heavy (non-hydrogen) atoms. The van der Waals surface area contributed by atoms with E-state index in [1.807, 2.05) is 18.2 Å². The standard InChI is InChI=1S/C24BF20.C11H17O2S/c26-5-1(6(27)14(35)21(42)13(5)34)25(2-7(28)15(36)22(43)16(37)8(2)29,3-9(30)17(38)23(44)18(39)10(3)31)4-11(32)19(40)24(45)20(41)12(4)33;12-6-8-14(9-7-13)10-11-4-2-1-3-5-11/h;1-5,12-13H,6-10H2/q-1;+1. The molecule has 0 heterocycles. The summed E-state index contributed by atoms with van der Waals surface area (Å²) in [5, 5.41) is 17.7. The zero-order valence-electron chi connectivity index (χ0n) is 28.4. The molecular weight excluding hydrogens is 875 g/mol. The summed E-state index contributed by atoms with van der Waals surface area (Å²) in [5.41, 5.74) is -13.0. The Morgan fingerprint density at radius 3 is 0.729 bits per heavy atom. The van der Waals surface area contributed by atoms with Crippen molar-refractivity contribution in [3.63, 3.8) is 0 Å². The second kappa shape index (κ2) is 18.1. The van der Waals surface area contributed by atoms with E-state index in [2.05, 4.69) is 12.1 Å². The highest BCUT2D eigenvalue weighted by Gasteiger charge is 2.52. The van der Waals surface area contributed by atoms with E-state index in [9.17, 15) is 52.7 Å². The predicted octanol–water partition coefficient (Wildman–Crippen LogP) is 6.64. The smallest absolute Gasteiger partial charge is 0.200 e. The number of hydrogen-bond donors (Lipinski definition) is 2. The lowest BCUT2D eigenvalue weighted by Crippen LogP contribution is -2.81. The van der Waals surface area contributed by atoms with Crippen LogP contribution in [0.25, 0.3) is 0 Å². The van der Waals surface area contributed by atoms with Crippen molar-refractivity contribution >= 4 is 38.9 Å². The fourth-order valence-electron chi connectivity index (χ4n) is 6.19. The topological polar surface area (TPSA) is 40.5 Å². The minimum Gasteiger partial charge on any atom is -0.391 e. The molecule has 5 rings (SSSR count). The lowest BCUT2D eigenvalue weighted by molar-refractivity contribution is 0.316. The number of hydrogen-bond acceptors (Lipinski definition) is 2. The highest BCUT2D eigenvalue weighted by Crippen LogP contribution is 2.30. The van der Waals surface area contributed by atoms with E-state index in [4.69, 9.17) is 10.2 Å². The Bertz CT molecular complexity index is 2030. The maximum atomic E-state index is 15.4. The van der Waals surface area contributed by atoms with Gasteiger partial charge in [0.15, 0.2) is 69.8 Å². The van der Waals surface area contributed by atoms with Crippen molar-refractivity contribution in [1.82, 2.24) is 0 Å². The van der Waals surface area contributed by atoms with Gasteiger partial charge in [0, 0.05) is 5.56 Å². The van der Waals surface area contributed by atoms with E-state index in [0.717, 1.165) is 17.3 Å². The van der Waals surface area contributed by atoms with Gasteiger partial charge in [0.25, 0.3) is 0 Å². The van der Waals surface area contributed by atoms with Crippen LogP contribution in [0.1, 0.15) is 5.56 Å². The summed E-state index contributed by atoms with van der Waals surface area (Å²) in [4.78, 5) is 0. The molecule has 0 aliphatic carbocycles. The van der Waals surface area contributed by atoms with E-state index in [1.54, 1.807) is 0 Å². The Balaban J connectivity index is 0.000000464. The van der Waals surface area contributed by atoms with Crippen LogP contribution in [0.2, 0.25) is 0 Å². The summed E-state index contributed by atoms with van der Waals surface area (Å²) in [6, 6.07) is 10.2. The average Bonchev–Trinajstić information content (AvgIpc) is 3.21. The van der Waals surface area contributed by atoms with E-state index in [0.29, 0.717) is 0 Å². The van der Waals surface area contributed by atoms with E-state index < -0.39 is 144 Å². The number of aliphatic hydroxyl groups is 2. The fourth-order valence-corrected chi connectivity index (χ4v) is 7.86. The number of rotatable bonds is 10. The van der Waals surface area contributed by atoms with Crippen molar-refractivity contribution in [2.24, 2.45) is 0 Å². The van der Waals surface area contributed by atoms with Gasteiger partial charge in [-0.3, -0.25) is 0 Å². The molecule has 24 heteroatoms. The molecule has 0 radical (unpaired) electrons. The molecule has 2 nitrogen and oxygen atoms in total. The van der Waals surface area contributed by atoms with Gasteiger partial charge in [-0.05, 0) is 10.9 Å². The van der Waals surface area contributed by atoms with Crippen LogP contribution in [0.3, 0.4) is 0 Å². The summed E-state index contributed by atoms with van der Waals surface area (Å²) in [7, 11) is 0.125. The zero-order valence-corrected chi connectivity index (χ0v) is 29.2. The Hall–Kier alpha value is -4.97. The molecule has 0 saturated carbocycles. The molecule has 0 atom stereocenters. The van der Waals surface area contributed by atoms with Gasteiger partial charge < -0.3 is 10.2 Å². The number of halogens is 20. The third kappa shape index (κ3) is 7.80. The molecule has 2 N–H and O–H groups in total. The SMILES string of the molecule is Fc1c(F)c(F)c([B-](c2c(F)c(F)c(F)c(F)c2F)(c2c(F)c(F)c(F)c(F)c2F)c2c(F)c(F)c(F)c(F)c2F)c(F)c1F.OCC[S+](CCO)Cc1ccccc1. The van der Waals surface area contributed by atoms with Crippen LogP contribution < -0.4 is 21.9 Å². The van der Waals surface area contributed by atoms with Gasteiger partial charge in [-0.2, -0.15) is 0 Å². The third-order valence-electron chi connectivity index (χ3n) is 8.68. The molecule has 0 bridgehead atoms. The molecule has 0 amide bonds. The van der Waals surface area contributed by atoms with Gasteiger partial charge in [-0.1, -0.05) is 30.3 Å². The van der Waals surface area contributed by atoms with Crippen LogP contribution in [-0.4, -0.2) is 41.1 Å². The molecule has 0 aliphatic heterocycles. The molecule has 0 spiro atoms. The van der Waals surface area contributed by atoms with Crippen LogP contribution >= 0.6 is 0 Å². The van der Waals surface area contributed by atoms with Crippen molar-refractivity contribution in [2.75, 3.05) is 24.7 Å². The van der Waals surface area contributed by atoms with Crippen molar-refractivity contribution < 1.29 is 98.0 Å². The highest BCUT2D eigenvalue weighted by atomic mass is 32.2. The first-order chi connectivity index (χ1) is 27.6. The van der Waals surface area contributed by atoms with E-state index in [1.165, 1.54) is 5.56 Å². The van der Waals surface area contributed by atoms with Crippen LogP contribution in [0.15, 0.2) is 30.3 Å². The molecule has 0 aliphatic rings. The third-order valence-corrected chi connectivity index (χ3v) is 10.9. The average molecular weight is 892 g/mol. The first-order valence-electron chi connectivity index (χ1n) is 15.7. The number of aliphatic hydroxyl groups excluding tert-OH is 2. The van der Waals surface area contributed by atoms with Crippen molar-refractivity contribution in [1.29, 1.82) is 0 Å². The molecule has 5 aromatic carbocycles. The minimum atomic E-state index is -7.22. The first-order valence-corrected chi connectivity index (χ1v) is 17.4. The van der Waals surface area contributed by atoms with E-state index >= 15 is 35.1 Å². The Labute approximate surface area is 319 Å². The Kier molecular flexibility index (Phi) is 14.3. The van der Waals surface area contributed by atoms with Crippen molar-refractivity contribution in [2.45, 2.75) is 5.75 Å². The Morgan fingerprint density at radius 2 is 0.525 bits per heavy atom. The second-order valence-corrected chi connectivity index (χ2v) is 14.2. The van der Waals surface area contributed by atoms with Gasteiger partial charge in [0.05, 0.1) is 13.2 Å². The summed E-state index contributed by atoms with van der Waals surface area (Å²) in [5.74, 6) is -68.8. The van der Waals surface area contributed by atoms with Gasteiger partial charge in [-0.25, -0.2) is 87.8 Å². The maximum Gasteiger partial charge on any atom is 0.200 e. The molecule has 5 aromatic rings. The minimum absolute atomic E-state index is 0.125. The van der Waals surface area contributed by atoms with Gasteiger partial charge >= 0.3 is 0 Å². The van der Waals surface area contributed by atoms with Crippen LogP contribution in [0.5, 0.6) is 0 Å². The van der Waals surface area contributed by atoms with Crippen LogP contribution in [-0.2, 0) is 16.6 Å². The second-order valence-electron chi connectivity index (χ2n) is 11.9. The molecule has 0 saturated heterocycles. The van der Waals surface area contributed by atoms with Crippen molar-refractivity contribution in [3.05, 3.63) is 152 Å². The van der Waals surface area contributed by atoms with Crippen LogP contribution in [0.4, 0.5) is 87.8 Å². The van der Waals surface area contributed by atoms with Crippen molar-refractivity contribution in [3.8, 4) is 0 Å². The van der Waals surface area contributed by atoms with E-state index in [-0.39, 0.29) is 24.1 Å². The molecule has 0 aromatic heterocycles.